The molecule has 2 aromatic rings. The standard InChI is InChI=1S/C17H21N5O2/c1-18-17(24)14-8-5-9-21(10-14)15(23)11-22-12-19-16(20-22)13-6-3-2-4-7-13/h2-4,6-7,12,14H,5,8-11H2,1H3,(H,18,24). The Balaban J connectivity index is 1.63. The van der Waals surface area contributed by atoms with E-state index in [0.717, 1.165) is 18.4 Å². The van der Waals surface area contributed by atoms with E-state index in [-0.39, 0.29) is 24.3 Å². The van der Waals surface area contributed by atoms with Crippen LogP contribution in [0.4, 0.5) is 0 Å². The van der Waals surface area contributed by atoms with Crippen LogP contribution in [0.15, 0.2) is 36.7 Å². The Morgan fingerprint density at radius 1 is 1.29 bits per heavy atom. The van der Waals surface area contributed by atoms with Crippen LogP contribution in [0.5, 0.6) is 0 Å². The predicted molar refractivity (Wildman–Crippen MR) is 88.8 cm³/mol. The number of aromatic nitrogens is 3. The molecule has 1 N–H and O–H groups in total. The van der Waals surface area contributed by atoms with Crippen LogP contribution in [0.1, 0.15) is 12.8 Å². The fourth-order valence-electron chi connectivity index (χ4n) is 2.95. The van der Waals surface area contributed by atoms with E-state index in [1.54, 1.807) is 23.0 Å². The number of nitrogens with zero attached hydrogens (tertiary/aromatic N) is 4. The summed E-state index contributed by atoms with van der Waals surface area (Å²) in [7, 11) is 1.63. The molecule has 1 aromatic carbocycles. The van der Waals surface area contributed by atoms with Gasteiger partial charge in [-0.3, -0.25) is 9.59 Å². The Hall–Kier alpha value is -2.70. The smallest absolute Gasteiger partial charge is 0.244 e. The van der Waals surface area contributed by atoms with Gasteiger partial charge < -0.3 is 10.2 Å². The van der Waals surface area contributed by atoms with Crippen molar-refractivity contribution in [1.82, 2.24) is 25.0 Å². The number of hydrogen-bond donors (Lipinski definition) is 1. The fraction of sp³-hybridized carbons (Fsp3) is 0.412. The molecule has 1 aromatic heterocycles. The van der Waals surface area contributed by atoms with Gasteiger partial charge in [0.25, 0.3) is 0 Å². The first-order valence-corrected chi connectivity index (χ1v) is 8.11. The fourth-order valence-corrected chi connectivity index (χ4v) is 2.95. The lowest BCUT2D eigenvalue weighted by Crippen LogP contribution is -2.45. The number of carbonyl (C=O) groups is 2. The topological polar surface area (TPSA) is 80.1 Å². The minimum absolute atomic E-state index is 0.000352. The van der Waals surface area contributed by atoms with E-state index < -0.39 is 0 Å². The van der Waals surface area contributed by atoms with Gasteiger partial charge >= 0.3 is 0 Å². The number of nitrogens with one attached hydrogen (secondary N) is 1. The van der Waals surface area contributed by atoms with Crippen molar-refractivity contribution in [2.75, 3.05) is 20.1 Å². The Bertz CT molecular complexity index is 713. The van der Waals surface area contributed by atoms with E-state index in [4.69, 9.17) is 0 Å². The first-order valence-electron chi connectivity index (χ1n) is 8.11. The molecule has 24 heavy (non-hydrogen) atoms. The van der Waals surface area contributed by atoms with Crippen molar-refractivity contribution in [3.63, 3.8) is 0 Å². The molecule has 7 heteroatoms. The van der Waals surface area contributed by atoms with Crippen LogP contribution in [-0.4, -0.2) is 51.6 Å². The van der Waals surface area contributed by atoms with Crippen molar-refractivity contribution < 1.29 is 9.59 Å². The van der Waals surface area contributed by atoms with Gasteiger partial charge in [-0.1, -0.05) is 30.3 Å². The largest absolute Gasteiger partial charge is 0.359 e. The molecular formula is C17H21N5O2. The second-order valence-electron chi connectivity index (χ2n) is 5.92. The molecule has 2 amide bonds. The maximum absolute atomic E-state index is 12.5. The van der Waals surface area contributed by atoms with E-state index in [9.17, 15) is 9.59 Å². The summed E-state index contributed by atoms with van der Waals surface area (Å²) in [6.07, 6.45) is 3.24. The van der Waals surface area contributed by atoms with Gasteiger partial charge in [-0.25, -0.2) is 9.67 Å². The number of piperidine rings is 1. The highest BCUT2D eigenvalue weighted by molar-refractivity contribution is 5.81. The molecule has 0 saturated carbocycles. The van der Waals surface area contributed by atoms with Crippen molar-refractivity contribution in [3.8, 4) is 11.4 Å². The molecule has 1 atom stereocenters. The molecule has 0 spiro atoms. The van der Waals surface area contributed by atoms with E-state index in [2.05, 4.69) is 15.4 Å². The maximum Gasteiger partial charge on any atom is 0.244 e. The molecule has 3 rings (SSSR count). The molecule has 126 valence electrons. The summed E-state index contributed by atoms with van der Waals surface area (Å²) in [5.74, 6) is 0.446. The van der Waals surface area contributed by atoms with E-state index in [1.807, 2.05) is 30.3 Å². The SMILES string of the molecule is CNC(=O)C1CCCN(C(=O)Cn2cnc(-c3ccccc3)n2)C1. The summed E-state index contributed by atoms with van der Waals surface area (Å²) in [5, 5.41) is 7.03. The average Bonchev–Trinajstić information content (AvgIpc) is 3.10. The molecule has 2 heterocycles. The summed E-state index contributed by atoms with van der Waals surface area (Å²) in [4.78, 5) is 30.3. The molecule has 1 saturated heterocycles. The van der Waals surface area contributed by atoms with Crippen LogP contribution in [0.2, 0.25) is 0 Å². The number of hydrogen-bond acceptors (Lipinski definition) is 4. The number of rotatable bonds is 4. The van der Waals surface area contributed by atoms with Gasteiger partial charge in [0.2, 0.25) is 11.8 Å². The Kier molecular flexibility index (Phi) is 4.88. The molecular weight excluding hydrogens is 306 g/mol. The maximum atomic E-state index is 12.5. The van der Waals surface area contributed by atoms with Crippen LogP contribution in [0, 0.1) is 5.92 Å². The summed E-state index contributed by atoms with van der Waals surface area (Å²) < 4.78 is 1.55. The van der Waals surface area contributed by atoms with Crippen LogP contribution < -0.4 is 5.32 Å². The third-order valence-corrected chi connectivity index (χ3v) is 4.26. The zero-order valence-electron chi connectivity index (χ0n) is 13.7. The average molecular weight is 327 g/mol. The van der Waals surface area contributed by atoms with Crippen LogP contribution in [-0.2, 0) is 16.1 Å². The lowest BCUT2D eigenvalue weighted by atomic mass is 9.97. The Labute approximate surface area is 140 Å². The lowest BCUT2D eigenvalue weighted by Gasteiger charge is -2.31. The number of carbonyl (C=O) groups excluding carboxylic acids is 2. The Morgan fingerprint density at radius 3 is 2.83 bits per heavy atom. The molecule has 0 bridgehead atoms. The molecule has 1 aliphatic heterocycles. The van der Waals surface area contributed by atoms with E-state index in [1.165, 1.54) is 0 Å². The van der Waals surface area contributed by atoms with Gasteiger partial charge in [-0.15, -0.1) is 0 Å². The second-order valence-corrected chi connectivity index (χ2v) is 5.92. The normalized spacial score (nSPS) is 17.5. The number of likely N-dealkylation sites (tertiary alicyclic amines) is 1. The summed E-state index contributed by atoms with van der Waals surface area (Å²) >= 11 is 0. The van der Waals surface area contributed by atoms with Crippen LogP contribution in [0.25, 0.3) is 11.4 Å². The number of benzene rings is 1. The minimum Gasteiger partial charge on any atom is -0.359 e. The van der Waals surface area contributed by atoms with E-state index in [0.29, 0.717) is 18.9 Å². The van der Waals surface area contributed by atoms with Gasteiger partial charge in [0.1, 0.15) is 12.9 Å². The molecule has 1 unspecified atom stereocenters. The quantitative estimate of drug-likeness (QED) is 0.906. The Morgan fingerprint density at radius 2 is 2.08 bits per heavy atom. The summed E-state index contributed by atoms with van der Waals surface area (Å²) in [5.41, 5.74) is 0.918. The third kappa shape index (κ3) is 3.61. The second kappa shape index (κ2) is 7.25. The van der Waals surface area contributed by atoms with Crippen LogP contribution in [0.3, 0.4) is 0 Å². The predicted octanol–water partition coefficient (Wildman–Crippen LogP) is 0.930. The van der Waals surface area contributed by atoms with Crippen LogP contribution >= 0.6 is 0 Å². The molecule has 1 aliphatic rings. The highest BCUT2D eigenvalue weighted by Gasteiger charge is 2.27. The molecule has 1 fully saturated rings. The van der Waals surface area contributed by atoms with Gasteiger partial charge in [0.15, 0.2) is 5.82 Å². The monoisotopic (exact) mass is 327 g/mol. The van der Waals surface area contributed by atoms with Crippen molar-refractivity contribution in [3.05, 3.63) is 36.7 Å². The molecule has 0 aliphatic carbocycles. The van der Waals surface area contributed by atoms with Crippen molar-refractivity contribution in [2.45, 2.75) is 19.4 Å². The lowest BCUT2D eigenvalue weighted by molar-refractivity contribution is -0.136. The van der Waals surface area contributed by atoms with Crippen molar-refractivity contribution in [1.29, 1.82) is 0 Å². The summed E-state index contributed by atoms with van der Waals surface area (Å²) in [6.45, 7) is 1.30. The van der Waals surface area contributed by atoms with Gasteiger partial charge in [0.05, 0.1) is 5.92 Å². The summed E-state index contributed by atoms with van der Waals surface area (Å²) in [6, 6.07) is 9.64. The van der Waals surface area contributed by atoms with Gasteiger partial charge in [0, 0.05) is 25.7 Å². The number of amides is 2. The highest BCUT2D eigenvalue weighted by Crippen LogP contribution is 2.17. The highest BCUT2D eigenvalue weighted by atomic mass is 16.2. The van der Waals surface area contributed by atoms with Gasteiger partial charge in [-0.2, -0.15) is 5.10 Å². The zero-order valence-corrected chi connectivity index (χ0v) is 13.7. The first kappa shape index (κ1) is 16.2. The molecule has 0 radical (unpaired) electrons. The van der Waals surface area contributed by atoms with E-state index >= 15 is 0 Å². The van der Waals surface area contributed by atoms with Gasteiger partial charge in [-0.05, 0) is 12.8 Å². The first-order chi connectivity index (χ1) is 11.7. The minimum atomic E-state index is -0.122. The zero-order chi connectivity index (χ0) is 16.9. The van der Waals surface area contributed by atoms with Crippen molar-refractivity contribution >= 4 is 11.8 Å². The van der Waals surface area contributed by atoms with Crippen molar-refractivity contribution in [2.24, 2.45) is 5.92 Å². The molecule has 7 nitrogen and oxygen atoms in total. The third-order valence-electron chi connectivity index (χ3n) is 4.26.